The predicted octanol–water partition coefficient (Wildman–Crippen LogP) is 6.91. The van der Waals surface area contributed by atoms with Gasteiger partial charge in [0.25, 0.3) is 5.56 Å². The van der Waals surface area contributed by atoms with E-state index in [0.29, 0.717) is 45.0 Å². The monoisotopic (exact) mass is 587 g/mol. The van der Waals surface area contributed by atoms with Gasteiger partial charge < -0.3 is 4.74 Å². The summed E-state index contributed by atoms with van der Waals surface area (Å²) in [5.41, 5.74) is 3.39. The molecule has 168 valence electrons. The van der Waals surface area contributed by atoms with E-state index < -0.39 is 0 Å². The molecule has 0 amide bonds. The minimum atomic E-state index is -0.224. The summed E-state index contributed by atoms with van der Waals surface area (Å²) in [5, 5.41) is 5.37. The van der Waals surface area contributed by atoms with E-state index in [4.69, 9.17) is 16.3 Å². The van der Waals surface area contributed by atoms with Crippen molar-refractivity contribution in [1.82, 2.24) is 9.66 Å². The van der Waals surface area contributed by atoms with Crippen LogP contribution in [0.5, 0.6) is 5.75 Å². The van der Waals surface area contributed by atoms with Crippen molar-refractivity contribution in [3.63, 3.8) is 0 Å². The summed E-state index contributed by atoms with van der Waals surface area (Å²) < 4.78 is 8.78. The van der Waals surface area contributed by atoms with Gasteiger partial charge in [0.1, 0.15) is 12.4 Å². The normalized spacial score (nSPS) is 11.4. The lowest BCUT2D eigenvalue weighted by Gasteiger charge is -2.11. The zero-order valence-electron chi connectivity index (χ0n) is 18.0. The molecule has 0 radical (unpaired) electrons. The van der Waals surface area contributed by atoms with E-state index >= 15 is 0 Å². The number of fused-ring (bicyclic) bond motifs is 1. The number of benzene rings is 3. The molecule has 0 saturated carbocycles. The second-order valence-electron chi connectivity index (χ2n) is 7.49. The van der Waals surface area contributed by atoms with Crippen molar-refractivity contribution in [2.45, 2.75) is 26.9 Å². The lowest BCUT2D eigenvalue weighted by molar-refractivity contribution is 0.304. The Kier molecular flexibility index (Phi) is 7.32. The Morgan fingerprint density at radius 2 is 1.88 bits per heavy atom. The van der Waals surface area contributed by atoms with Crippen LogP contribution in [0.2, 0.25) is 5.02 Å². The van der Waals surface area contributed by atoms with Crippen LogP contribution in [0.15, 0.2) is 73.4 Å². The third-order valence-corrected chi connectivity index (χ3v) is 6.40. The van der Waals surface area contributed by atoms with Crippen molar-refractivity contribution < 1.29 is 4.74 Å². The van der Waals surface area contributed by atoms with E-state index in [-0.39, 0.29) is 5.56 Å². The molecule has 0 saturated heterocycles. The molecule has 0 spiro atoms. The smallest absolute Gasteiger partial charge is 0.282 e. The average molecular weight is 590 g/mol. The summed E-state index contributed by atoms with van der Waals surface area (Å²) in [7, 11) is 0. The Morgan fingerprint density at radius 1 is 1.12 bits per heavy atom. The number of halogens is 3. The summed E-state index contributed by atoms with van der Waals surface area (Å²) >= 11 is 13.4. The molecule has 0 unspecified atom stereocenters. The molecule has 5 nitrogen and oxygen atoms in total. The predicted molar refractivity (Wildman–Crippen MR) is 141 cm³/mol. The van der Waals surface area contributed by atoms with Crippen LogP contribution in [0, 0.1) is 6.92 Å². The van der Waals surface area contributed by atoms with E-state index in [1.165, 1.54) is 10.2 Å². The van der Waals surface area contributed by atoms with Crippen LogP contribution in [0.3, 0.4) is 0 Å². The van der Waals surface area contributed by atoms with Gasteiger partial charge in [-0.1, -0.05) is 64.3 Å². The van der Waals surface area contributed by atoms with Gasteiger partial charge in [-0.25, -0.2) is 4.98 Å². The zero-order chi connectivity index (χ0) is 23.5. The number of rotatable bonds is 6. The highest BCUT2D eigenvalue weighted by atomic mass is 79.9. The first-order valence-electron chi connectivity index (χ1n) is 10.3. The number of aromatic nitrogens is 2. The topological polar surface area (TPSA) is 56.5 Å². The molecule has 3 aromatic carbocycles. The summed E-state index contributed by atoms with van der Waals surface area (Å²) in [5.74, 6) is 1.13. The quantitative estimate of drug-likeness (QED) is 0.230. The third-order valence-electron chi connectivity index (χ3n) is 5.04. The van der Waals surface area contributed by atoms with E-state index in [0.717, 1.165) is 15.6 Å². The maximum atomic E-state index is 13.0. The van der Waals surface area contributed by atoms with Gasteiger partial charge in [0.15, 0.2) is 5.75 Å². The molecule has 0 aliphatic rings. The highest BCUT2D eigenvalue weighted by molar-refractivity contribution is 9.10. The van der Waals surface area contributed by atoms with Gasteiger partial charge in [0.2, 0.25) is 0 Å². The van der Waals surface area contributed by atoms with Gasteiger partial charge in [-0.15, -0.1) is 0 Å². The molecule has 0 atom stereocenters. The van der Waals surface area contributed by atoms with Crippen LogP contribution in [0.25, 0.3) is 10.9 Å². The SMILES string of the molecule is CCc1nc2ccc(Br)cc2c(=O)n1N=Cc1cc(Cl)c(OCc2ccc(C)cc2)c(Br)c1. The lowest BCUT2D eigenvalue weighted by atomic mass is 10.2. The molecular weight excluding hydrogens is 570 g/mol. The Labute approximate surface area is 213 Å². The van der Waals surface area contributed by atoms with Crippen LogP contribution in [0.4, 0.5) is 0 Å². The molecule has 4 aromatic rings. The molecule has 0 aliphatic carbocycles. The fourth-order valence-corrected chi connectivity index (χ4v) is 4.65. The van der Waals surface area contributed by atoms with Crippen molar-refractivity contribution in [1.29, 1.82) is 0 Å². The van der Waals surface area contributed by atoms with Gasteiger partial charge in [-0.2, -0.15) is 9.78 Å². The molecule has 0 bridgehead atoms. The summed E-state index contributed by atoms with van der Waals surface area (Å²) in [6.45, 7) is 4.38. The van der Waals surface area contributed by atoms with E-state index in [9.17, 15) is 4.79 Å². The average Bonchev–Trinajstić information content (AvgIpc) is 2.79. The molecule has 1 heterocycles. The van der Waals surface area contributed by atoms with E-state index in [1.54, 1.807) is 18.3 Å². The molecule has 0 aliphatic heterocycles. The Morgan fingerprint density at radius 3 is 2.58 bits per heavy atom. The largest absolute Gasteiger partial charge is 0.486 e. The molecule has 0 N–H and O–H groups in total. The fourth-order valence-electron chi connectivity index (χ4n) is 3.30. The van der Waals surface area contributed by atoms with E-state index in [2.05, 4.69) is 41.9 Å². The van der Waals surface area contributed by atoms with Gasteiger partial charge in [-0.05, 0) is 64.3 Å². The summed E-state index contributed by atoms with van der Waals surface area (Å²) in [6, 6.07) is 17.2. The molecular formula is C25H20Br2ClN3O2. The van der Waals surface area contributed by atoms with Gasteiger partial charge in [0, 0.05) is 10.9 Å². The summed E-state index contributed by atoms with van der Waals surface area (Å²) in [6.07, 6.45) is 2.15. The lowest BCUT2D eigenvalue weighted by Crippen LogP contribution is -2.22. The van der Waals surface area contributed by atoms with Crippen molar-refractivity contribution in [3.8, 4) is 5.75 Å². The van der Waals surface area contributed by atoms with E-state index in [1.807, 2.05) is 56.3 Å². The number of hydrogen-bond donors (Lipinski definition) is 0. The van der Waals surface area contributed by atoms with Crippen LogP contribution < -0.4 is 10.3 Å². The van der Waals surface area contributed by atoms with Crippen molar-refractivity contribution >= 4 is 60.6 Å². The minimum absolute atomic E-state index is 0.224. The number of aryl methyl sites for hydroxylation is 2. The molecule has 8 heteroatoms. The number of hydrogen-bond acceptors (Lipinski definition) is 4. The fraction of sp³-hybridized carbons (Fsp3) is 0.160. The first-order valence-corrected chi connectivity index (χ1v) is 12.2. The van der Waals surface area contributed by atoms with Crippen molar-refractivity contribution in [2.75, 3.05) is 0 Å². The zero-order valence-corrected chi connectivity index (χ0v) is 21.9. The van der Waals surface area contributed by atoms with Crippen LogP contribution in [0.1, 0.15) is 29.4 Å². The second kappa shape index (κ2) is 10.2. The third kappa shape index (κ3) is 5.37. The number of nitrogens with zero attached hydrogens (tertiary/aromatic N) is 3. The van der Waals surface area contributed by atoms with Gasteiger partial charge in [-0.3, -0.25) is 4.79 Å². The standard InChI is InChI=1S/C25H20Br2ClN3O2/c1-3-23-30-22-9-8-18(26)12-19(22)25(32)31(23)29-13-17-10-20(27)24(21(28)11-17)33-14-16-6-4-15(2)5-7-16/h4-13H,3,14H2,1-2H3. The van der Waals surface area contributed by atoms with Crippen LogP contribution in [-0.2, 0) is 13.0 Å². The summed E-state index contributed by atoms with van der Waals surface area (Å²) in [4.78, 5) is 17.6. The molecule has 0 fully saturated rings. The first-order chi connectivity index (χ1) is 15.9. The molecule has 1 aromatic heterocycles. The number of ether oxygens (including phenoxy) is 1. The maximum Gasteiger partial charge on any atom is 0.282 e. The Balaban J connectivity index is 1.62. The first kappa shape index (κ1) is 23.7. The van der Waals surface area contributed by atoms with Crippen molar-refractivity contribution in [2.24, 2.45) is 5.10 Å². The maximum absolute atomic E-state index is 13.0. The Hall–Kier alpha value is -2.48. The Bertz CT molecular complexity index is 1390. The second-order valence-corrected chi connectivity index (χ2v) is 9.67. The highest BCUT2D eigenvalue weighted by Crippen LogP contribution is 2.34. The molecule has 33 heavy (non-hydrogen) atoms. The van der Waals surface area contributed by atoms with Crippen LogP contribution >= 0.6 is 43.5 Å². The molecule has 4 rings (SSSR count). The van der Waals surface area contributed by atoms with Gasteiger partial charge >= 0.3 is 0 Å². The van der Waals surface area contributed by atoms with Gasteiger partial charge in [0.05, 0.1) is 26.6 Å². The minimum Gasteiger partial charge on any atom is -0.486 e. The van der Waals surface area contributed by atoms with Crippen molar-refractivity contribution in [3.05, 3.63) is 101 Å². The van der Waals surface area contributed by atoms with Crippen LogP contribution in [-0.4, -0.2) is 15.9 Å². The highest BCUT2D eigenvalue weighted by Gasteiger charge is 2.12.